The fraction of sp³-hybridized carbons (Fsp3) is 0.481. The summed E-state index contributed by atoms with van der Waals surface area (Å²) >= 11 is 0. The lowest BCUT2D eigenvalue weighted by atomic mass is 9.92. The van der Waals surface area contributed by atoms with Crippen molar-refractivity contribution in [3.8, 4) is 0 Å². The molecule has 2 aliphatic carbocycles. The summed E-state index contributed by atoms with van der Waals surface area (Å²) in [4.78, 5) is 26.4. The molecule has 0 N–H and O–H groups in total. The van der Waals surface area contributed by atoms with E-state index in [0.717, 1.165) is 12.8 Å². The van der Waals surface area contributed by atoms with Gasteiger partial charge in [0.05, 0.1) is 13.0 Å². The topological polar surface area (TPSA) is 55.8 Å². The van der Waals surface area contributed by atoms with Crippen LogP contribution in [0.2, 0.25) is 0 Å². The molecular weight excluding hydrogens is 402 g/mol. The van der Waals surface area contributed by atoms with E-state index in [4.69, 9.17) is 9.47 Å². The molecule has 1 fully saturated rings. The van der Waals surface area contributed by atoms with Crippen molar-refractivity contribution >= 4 is 17.6 Å². The van der Waals surface area contributed by atoms with Crippen LogP contribution in [-0.2, 0) is 14.3 Å². The molecule has 0 spiro atoms. The predicted molar refractivity (Wildman–Crippen MR) is 125 cm³/mol. The molecule has 170 valence electrons. The highest BCUT2D eigenvalue weighted by Gasteiger charge is 2.58. The quantitative estimate of drug-likeness (QED) is 0.599. The molecule has 1 saturated carbocycles. The van der Waals surface area contributed by atoms with Crippen molar-refractivity contribution < 1.29 is 19.1 Å². The van der Waals surface area contributed by atoms with Gasteiger partial charge in [0.25, 0.3) is 0 Å². The Balaban J connectivity index is 1.43. The van der Waals surface area contributed by atoms with Gasteiger partial charge in [0.15, 0.2) is 0 Å². The van der Waals surface area contributed by atoms with Crippen LogP contribution in [0.4, 0.5) is 4.79 Å². The zero-order valence-corrected chi connectivity index (χ0v) is 19.4. The second-order valence-corrected chi connectivity index (χ2v) is 9.89. The standard InChI is InChI=1S/C27H33NO4/c1-27(2,3)32-26(30)28-16-14-19(15-17-28)18-10-12-21(13-11-18)23-22(24(23)25(29)31-4)20-8-6-5-7-9-20/h5-8,10-14,20,22-24H,9,15-17H2,1-4H3/t20?,22-,23-,24-/m1/s1. The van der Waals surface area contributed by atoms with Gasteiger partial charge in [-0.25, -0.2) is 4.79 Å². The summed E-state index contributed by atoms with van der Waals surface area (Å²) in [5.41, 5.74) is 3.13. The Hall–Kier alpha value is -2.82. The van der Waals surface area contributed by atoms with Gasteiger partial charge >= 0.3 is 12.1 Å². The molecule has 1 amide bonds. The van der Waals surface area contributed by atoms with Crippen LogP contribution in [0.5, 0.6) is 0 Å². The number of rotatable bonds is 4. The average molecular weight is 436 g/mol. The molecular formula is C27H33NO4. The first-order valence-electron chi connectivity index (χ1n) is 11.5. The zero-order valence-electron chi connectivity index (χ0n) is 19.4. The number of allylic oxidation sites excluding steroid dienone is 4. The lowest BCUT2D eigenvalue weighted by Gasteiger charge is -2.29. The van der Waals surface area contributed by atoms with Crippen LogP contribution in [0.25, 0.3) is 5.57 Å². The van der Waals surface area contributed by atoms with E-state index >= 15 is 0 Å². The zero-order chi connectivity index (χ0) is 22.9. The SMILES string of the molecule is COC(=O)[C@H]1[C@H](c2ccc(C3=CCN(C(=O)OC(C)(C)C)CC3)cc2)[C@H]1C1C=CC=CC1. The van der Waals surface area contributed by atoms with E-state index in [9.17, 15) is 9.59 Å². The van der Waals surface area contributed by atoms with Crippen molar-refractivity contribution in [2.75, 3.05) is 20.2 Å². The number of benzene rings is 1. The second-order valence-electron chi connectivity index (χ2n) is 9.89. The molecule has 1 aromatic rings. The Morgan fingerprint density at radius 1 is 1.09 bits per heavy atom. The van der Waals surface area contributed by atoms with Crippen LogP contribution in [0.15, 0.2) is 54.6 Å². The monoisotopic (exact) mass is 435 g/mol. The van der Waals surface area contributed by atoms with Crippen LogP contribution < -0.4 is 0 Å². The largest absolute Gasteiger partial charge is 0.469 e. The van der Waals surface area contributed by atoms with E-state index in [2.05, 4.69) is 54.6 Å². The lowest BCUT2D eigenvalue weighted by Crippen LogP contribution is -2.39. The summed E-state index contributed by atoms with van der Waals surface area (Å²) in [6.45, 7) is 6.86. The molecule has 0 saturated heterocycles. The van der Waals surface area contributed by atoms with Gasteiger partial charge in [-0.3, -0.25) is 4.79 Å². The second kappa shape index (κ2) is 8.97. The third-order valence-corrected chi connectivity index (χ3v) is 6.58. The minimum absolute atomic E-state index is 0.0664. The van der Waals surface area contributed by atoms with E-state index in [1.165, 1.54) is 23.8 Å². The average Bonchev–Trinajstić information content (AvgIpc) is 3.54. The van der Waals surface area contributed by atoms with Gasteiger partial charge in [0, 0.05) is 19.0 Å². The molecule has 0 aromatic heterocycles. The molecule has 5 nitrogen and oxygen atoms in total. The Morgan fingerprint density at radius 2 is 1.84 bits per heavy atom. The number of amides is 1. The number of esters is 1. The summed E-state index contributed by atoms with van der Waals surface area (Å²) in [6, 6.07) is 8.59. The molecule has 3 aliphatic rings. The maximum Gasteiger partial charge on any atom is 0.410 e. The summed E-state index contributed by atoms with van der Waals surface area (Å²) in [6.07, 6.45) is 12.2. The highest BCUT2D eigenvalue weighted by molar-refractivity contribution is 5.79. The van der Waals surface area contributed by atoms with Gasteiger partial charge in [0.2, 0.25) is 0 Å². The van der Waals surface area contributed by atoms with Gasteiger partial charge in [-0.1, -0.05) is 54.6 Å². The first-order chi connectivity index (χ1) is 15.3. The lowest BCUT2D eigenvalue weighted by molar-refractivity contribution is -0.142. The molecule has 0 bridgehead atoms. The third kappa shape index (κ3) is 4.82. The number of nitrogens with zero attached hydrogens (tertiary/aromatic N) is 1. The fourth-order valence-electron chi connectivity index (χ4n) is 4.96. The number of carbonyl (C=O) groups excluding carboxylic acids is 2. The molecule has 4 atom stereocenters. The molecule has 1 unspecified atom stereocenters. The van der Waals surface area contributed by atoms with Crippen LogP contribution in [0.3, 0.4) is 0 Å². The van der Waals surface area contributed by atoms with Crippen LogP contribution in [0.1, 0.15) is 50.7 Å². The minimum Gasteiger partial charge on any atom is -0.469 e. The highest BCUT2D eigenvalue weighted by atomic mass is 16.6. The van der Waals surface area contributed by atoms with Crippen LogP contribution >= 0.6 is 0 Å². The fourth-order valence-corrected chi connectivity index (χ4v) is 4.96. The van der Waals surface area contributed by atoms with Gasteiger partial charge in [-0.15, -0.1) is 0 Å². The summed E-state index contributed by atoms with van der Waals surface area (Å²) in [7, 11) is 1.48. The van der Waals surface area contributed by atoms with Crippen molar-refractivity contribution in [2.24, 2.45) is 17.8 Å². The van der Waals surface area contributed by atoms with E-state index < -0.39 is 5.60 Å². The number of hydrogen-bond donors (Lipinski definition) is 0. The van der Waals surface area contributed by atoms with E-state index in [-0.39, 0.29) is 23.9 Å². The summed E-state index contributed by atoms with van der Waals surface area (Å²) < 4.78 is 10.6. The van der Waals surface area contributed by atoms with Crippen LogP contribution in [-0.4, -0.2) is 42.8 Å². The van der Waals surface area contributed by atoms with Crippen molar-refractivity contribution in [3.63, 3.8) is 0 Å². The smallest absolute Gasteiger partial charge is 0.410 e. The Bertz CT molecular complexity index is 951. The minimum atomic E-state index is -0.483. The van der Waals surface area contributed by atoms with Crippen molar-refractivity contribution in [3.05, 3.63) is 65.8 Å². The molecule has 1 aliphatic heterocycles. The molecule has 4 rings (SSSR count). The third-order valence-electron chi connectivity index (χ3n) is 6.58. The van der Waals surface area contributed by atoms with E-state index in [1.807, 2.05) is 20.8 Å². The van der Waals surface area contributed by atoms with Crippen molar-refractivity contribution in [1.82, 2.24) is 4.90 Å². The highest BCUT2D eigenvalue weighted by Crippen LogP contribution is 2.59. The number of hydrogen-bond acceptors (Lipinski definition) is 4. The van der Waals surface area contributed by atoms with Crippen molar-refractivity contribution in [2.45, 2.75) is 45.1 Å². The summed E-state index contributed by atoms with van der Waals surface area (Å²) in [5.74, 6) is 0.715. The maximum atomic E-state index is 12.4. The molecule has 0 radical (unpaired) electrons. The van der Waals surface area contributed by atoms with Crippen LogP contribution in [0, 0.1) is 17.8 Å². The summed E-state index contributed by atoms with van der Waals surface area (Å²) in [5, 5.41) is 0. The Morgan fingerprint density at radius 3 is 2.41 bits per heavy atom. The first kappa shape index (κ1) is 22.4. The van der Waals surface area contributed by atoms with Gasteiger partial charge in [0.1, 0.15) is 5.60 Å². The molecule has 32 heavy (non-hydrogen) atoms. The normalized spacial score (nSPS) is 27.0. The van der Waals surface area contributed by atoms with E-state index in [1.54, 1.807) is 4.90 Å². The molecule has 1 heterocycles. The first-order valence-corrected chi connectivity index (χ1v) is 11.5. The van der Waals surface area contributed by atoms with Crippen molar-refractivity contribution in [1.29, 1.82) is 0 Å². The molecule has 1 aromatic carbocycles. The Labute approximate surface area is 190 Å². The Kier molecular flexibility index (Phi) is 6.27. The molecule has 5 heteroatoms. The van der Waals surface area contributed by atoms with Gasteiger partial charge in [-0.05, 0) is 62.1 Å². The van der Waals surface area contributed by atoms with Gasteiger partial charge in [-0.2, -0.15) is 0 Å². The number of carbonyl (C=O) groups is 2. The number of ether oxygens (including phenoxy) is 2. The predicted octanol–water partition coefficient (Wildman–Crippen LogP) is 5.35. The van der Waals surface area contributed by atoms with Gasteiger partial charge < -0.3 is 14.4 Å². The number of methoxy groups -OCH3 is 1. The maximum absolute atomic E-state index is 12.4. The van der Waals surface area contributed by atoms with E-state index in [0.29, 0.717) is 24.9 Å².